The number of carboxylic acid groups (broad SMARTS) is 1. The number of nitrogens with one attached hydrogen (secondary N) is 1. The van der Waals surface area contributed by atoms with E-state index in [0.29, 0.717) is 19.5 Å². The van der Waals surface area contributed by atoms with E-state index in [1.807, 2.05) is 30.3 Å². The van der Waals surface area contributed by atoms with Gasteiger partial charge in [-0.25, -0.2) is 0 Å². The zero-order valence-corrected chi connectivity index (χ0v) is 12.0. The summed E-state index contributed by atoms with van der Waals surface area (Å²) >= 11 is 0. The average Bonchev–Trinajstić information content (AvgIpc) is 2.38. The molecule has 4 nitrogen and oxygen atoms in total. The lowest BCUT2D eigenvalue weighted by Crippen LogP contribution is -2.26. The van der Waals surface area contributed by atoms with E-state index < -0.39 is 18.0 Å². The van der Waals surface area contributed by atoms with Gasteiger partial charge in [-0.2, -0.15) is 0 Å². The Kier molecular flexibility index (Phi) is 8.88. The highest BCUT2D eigenvalue weighted by Gasteiger charge is 2.17. The Bertz CT molecular complexity index is 408. The van der Waals surface area contributed by atoms with E-state index in [1.165, 1.54) is 0 Å². The number of benzene rings is 1. The predicted molar refractivity (Wildman–Crippen MR) is 80.4 cm³/mol. The van der Waals surface area contributed by atoms with Gasteiger partial charge in [-0.1, -0.05) is 42.5 Å². The third-order valence-corrected chi connectivity index (χ3v) is 2.88. The molecular formula is C15H20ClNO3. The fourth-order valence-electron chi connectivity index (χ4n) is 1.75. The van der Waals surface area contributed by atoms with Gasteiger partial charge < -0.3 is 15.5 Å². The SMILES string of the molecule is Cl.[CH]=C([CH2])C(CCNC[C@H](O)c1ccccc1)C(=O)O. The van der Waals surface area contributed by atoms with Crippen LogP contribution in [-0.4, -0.2) is 29.3 Å². The summed E-state index contributed by atoms with van der Waals surface area (Å²) in [6.45, 7) is 9.70. The highest BCUT2D eigenvalue weighted by atomic mass is 35.5. The van der Waals surface area contributed by atoms with Crippen molar-refractivity contribution >= 4 is 18.4 Å². The zero-order chi connectivity index (χ0) is 14.3. The van der Waals surface area contributed by atoms with Crippen LogP contribution in [0.4, 0.5) is 0 Å². The molecule has 0 saturated heterocycles. The minimum atomic E-state index is -0.974. The Morgan fingerprint density at radius 1 is 1.35 bits per heavy atom. The summed E-state index contributed by atoms with van der Waals surface area (Å²) in [5.41, 5.74) is 0.978. The second kappa shape index (κ2) is 9.53. The molecule has 2 atom stereocenters. The van der Waals surface area contributed by atoms with E-state index in [1.54, 1.807) is 0 Å². The molecule has 0 amide bonds. The van der Waals surface area contributed by atoms with Gasteiger partial charge >= 0.3 is 5.97 Å². The number of carboxylic acids is 1. The fourth-order valence-corrected chi connectivity index (χ4v) is 1.75. The van der Waals surface area contributed by atoms with Gasteiger partial charge in [-0.05, 0) is 25.5 Å². The van der Waals surface area contributed by atoms with Crippen molar-refractivity contribution in [2.75, 3.05) is 13.1 Å². The first kappa shape index (κ1) is 18.6. The Hall–Kier alpha value is -1.36. The van der Waals surface area contributed by atoms with Crippen LogP contribution >= 0.6 is 12.4 Å². The largest absolute Gasteiger partial charge is 0.481 e. The molecule has 0 aromatic heterocycles. The van der Waals surface area contributed by atoms with Crippen LogP contribution in [0.25, 0.3) is 0 Å². The lowest BCUT2D eigenvalue weighted by Gasteiger charge is -2.14. The lowest BCUT2D eigenvalue weighted by atomic mass is 9.98. The van der Waals surface area contributed by atoms with Crippen molar-refractivity contribution in [2.45, 2.75) is 12.5 Å². The van der Waals surface area contributed by atoms with E-state index in [-0.39, 0.29) is 18.0 Å². The third kappa shape index (κ3) is 6.19. The molecule has 0 saturated carbocycles. The van der Waals surface area contributed by atoms with Crippen LogP contribution in [0, 0.1) is 19.4 Å². The second-order valence-electron chi connectivity index (χ2n) is 4.39. The van der Waals surface area contributed by atoms with Crippen molar-refractivity contribution in [3.8, 4) is 0 Å². The third-order valence-electron chi connectivity index (χ3n) is 2.88. The molecule has 0 fully saturated rings. The highest BCUT2D eigenvalue weighted by Crippen LogP contribution is 2.13. The van der Waals surface area contributed by atoms with Crippen LogP contribution in [0.1, 0.15) is 18.1 Å². The van der Waals surface area contributed by atoms with E-state index in [2.05, 4.69) is 12.2 Å². The summed E-state index contributed by atoms with van der Waals surface area (Å²) in [5, 5.41) is 21.8. The number of rotatable bonds is 8. The first-order valence-corrected chi connectivity index (χ1v) is 6.13. The summed E-state index contributed by atoms with van der Waals surface area (Å²) in [5.74, 6) is -1.72. The molecule has 2 radical (unpaired) electrons. The van der Waals surface area contributed by atoms with Gasteiger partial charge in [0, 0.05) is 6.54 Å². The number of halogens is 1. The molecular weight excluding hydrogens is 278 g/mol. The number of aliphatic carboxylic acids is 1. The topological polar surface area (TPSA) is 69.6 Å². The van der Waals surface area contributed by atoms with Crippen molar-refractivity contribution in [2.24, 2.45) is 5.92 Å². The van der Waals surface area contributed by atoms with E-state index in [9.17, 15) is 9.90 Å². The first-order valence-electron chi connectivity index (χ1n) is 6.13. The Morgan fingerprint density at radius 3 is 2.45 bits per heavy atom. The highest BCUT2D eigenvalue weighted by molar-refractivity contribution is 5.85. The predicted octanol–water partition coefficient (Wildman–Crippen LogP) is 2.02. The molecule has 20 heavy (non-hydrogen) atoms. The van der Waals surface area contributed by atoms with Crippen molar-refractivity contribution < 1.29 is 15.0 Å². The molecule has 0 bridgehead atoms. The number of aliphatic hydroxyl groups is 1. The molecule has 0 aliphatic heterocycles. The maximum absolute atomic E-state index is 10.9. The van der Waals surface area contributed by atoms with Crippen LogP contribution in [0.3, 0.4) is 0 Å². The lowest BCUT2D eigenvalue weighted by molar-refractivity contribution is -0.140. The first-order chi connectivity index (χ1) is 9.02. The molecule has 0 aliphatic rings. The smallest absolute Gasteiger partial charge is 0.310 e. The maximum Gasteiger partial charge on any atom is 0.310 e. The summed E-state index contributed by atoms with van der Waals surface area (Å²) in [7, 11) is 0. The number of carbonyl (C=O) groups is 1. The van der Waals surface area contributed by atoms with Gasteiger partial charge in [0.1, 0.15) is 0 Å². The van der Waals surface area contributed by atoms with Crippen molar-refractivity contribution in [1.29, 1.82) is 0 Å². The Labute approximate surface area is 125 Å². The fraction of sp³-hybridized carbons (Fsp3) is 0.333. The second-order valence-corrected chi connectivity index (χ2v) is 4.39. The summed E-state index contributed by atoms with van der Waals surface area (Å²) in [6, 6.07) is 9.28. The minimum absolute atomic E-state index is 0. The van der Waals surface area contributed by atoms with Gasteiger partial charge in [0.25, 0.3) is 0 Å². The molecule has 3 N–H and O–H groups in total. The van der Waals surface area contributed by atoms with Crippen LogP contribution in [0.2, 0.25) is 0 Å². The van der Waals surface area contributed by atoms with Crippen molar-refractivity contribution in [3.05, 3.63) is 55.0 Å². The molecule has 1 aromatic carbocycles. The molecule has 5 heteroatoms. The summed E-state index contributed by atoms with van der Waals surface area (Å²) in [4.78, 5) is 10.9. The van der Waals surface area contributed by atoms with Gasteiger partial charge in [0.2, 0.25) is 0 Å². The monoisotopic (exact) mass is 297 g/mol. The van der Waals surface area contributed by atoms with E-state index in [4.69, 9.17) is 11.7 Å². The van der Waals surface area contributed by atoms with Gasteiger partial charge in [0.05, 0.1) is 12.0 Å². The minimum Gasteiger partial charge on any atom is -0.481 e. The number of hydrogen-bond acceptors (Lipinski definition) is 3. The van der Waals surface area contributed by atoms with Crippen LogP contribution < -0.4 is 5.32 Å². The Morgan fingerprint density at radius 2 is 1.95 bits per heavy atom. The van der Waals surface area contributed by atoms with E-state index in [0.717, 1.165) is 5.56 Å². The Balaban J connectivity index is 0.00000361. The summed E-state index contributed by atoms with van der Waals surface area (Å²) < 4.78 is 0. The van der Waals surface area contributed by atoms with Crippen LogP contribution in [0.5, 0.6) is 0 Å². The summed E-state index contributed by atoms with van der Waals surface area (Å²) in [6.07, 6.45) is -0.253. The quantitative estimate of drug-likeness (QED) is 0.642. The zero-order valence-electron chi connectivity index (χ0n) is 11.2. The van der Waals surface area contributed by atoms with Gasteiger partial charge in [-0.15, -0.1) is 12.4 Å². The molecule has 0 heterocycles. The number of aliphatic hydroxyl groups excluding tert-OH is 1. The molecule has 1 aromatic rings. The molecule has 1 unspecified atom stereocenters. The van der Waals surface area contributed by atoms with E-state index >= 15 is 0 Å². The molecule has 0 aliphatic carbocycles. The van der Waals surface area contributed by atoms with Crippen molar-refractivity contribution in [3.63, 3.8) is 0 Å². The normalized spacial score (nSPS) is 13.1. The van der Waals surface area contributed by atoms with Crippen LogP contribution in [-0.2, 0) is 4.79 Å². The maximum atomic E-state index is 10.9. The van der Waals surface area contributed by atoms with Gasteiger partial charge in [0.15, 0.2) is 0 Å². The average molecular weight is 298 g/mol. The van der Waals surface area contributed by atoms with Crippen LogP contribution in [0.15, 0.2) is 35.9 Å². The molecule has 0 spiro atoms. The van der Waals surface area contributed by atoms with Crippen molar-refractivity contribution in [1.82, 2.24) is 5.32 Å². The molecule has 1 rings (SSSR count). The number of hydrogen-bond donors (Lipinski definition) is 3. The standard InChI is InChI=1S/C15H19NO3.ClH/c1-11(2)13(15(18)19)8-9-16-10-14(17)12-6-4-3-5-7-12;/h1,3-7,13-14,16-17H,2,8-10H2,(H,18,19);1H/t13?,14-;/m0./s1. The van der Waals surface area contributed by atoms with Gasteiger partial charge in [-0.3, -0.25) is 4.79 Å². The molecule has 110 valence electrons.